The van der Waals surface area contributed by atoms with Crippen LogP contribution in [0.15, 0.2) is 0 Å². The monoisotopic (exact) mass is 548 g/mol. The van der Waals surface area contributed by atoms with Crippen LogP contribution in [0.4, 0.5) is 0 Å². The first-order valence-electron chi connectivity index (χ1n) is 14.9. The Morgan fingerprint density at radius 1 is 0.846 bits per heavy atom. The van der Waals surface area contributed by atoms with Gasteiger partial charge < -0.3 is 18.9 Å². The van der Waals surface area contributed by atoms with Crippen LogP contribution in [0.1, 0.15) is 99.3 Å². The van der Waals surface area contributed by atoms with Gasteiger partial charge in [0.05, 0.1) is 7.11 Å². The fourth-order valence-corrected chi connectivity index (χ4v) is 9.77. The lowest BCUT2D eigenvalue weighted by atomic mass is 9.43. The molecule has 0 saturated heterocycles. The Kier molecular flexibility index (Phi) is 8.73. The van der Waals surface area contributed by atoms with Crippen LogP contribution >= 0.6 is 0 Å². The van der Waals surface area contributed by atoms with E-state index in [4.69, 9.17) is 18.9 Å². The highest BCUT2D eigenvalue weighted by Gasteiger charge is 2.67. The molecule has 0 unspecified atom stereocenters. The number of carbonyl (C=O) groups is 4. The fourth-order valence-electron chi connectivity index (χ4n) is 9.77. The fraction of sp³-hybridized carbons (Fsp3) is 0.871. The zero-order valence-electron chi connectivity index (χ0n) is 24.8. The number of fused-ring (bicyclic) bond motifs is 5. The van der Waals surface area contributed by atoms with Crippen molar-refractivity contribution in [2.75, 3.05) is 7.11 Å². The second-order valence-corrected chi connectivity index (χ2v) is 13.4. The Morgan fingerprint density at radius 3 is 2.13 bits per heavy atom. The van der Waals surface area contributed by atoms with Gasteiger partial charge in [0.1, 0.15) is 18.3 Å². The summed E-state index contributed by atoms with van der Waals surface area (Å²) >= 11 is 0. The van der Waals surface area contributed by atoms with Crippen molar-refractivity contribution >= 4 is 23.9 Å². The van der Waals surface area contributed by atoms with E-state index < -0.39 is 0 Å². The van der Waals surface area contributed by atoms with Gasteiger partial charge in [-0.2, -0.15) is 0 Å². The lowest BCUT2D eigenvalue weighted by Crippen LogP contribution is -2.63. The molecule has 8 heteroatoms. The summed E-state index contributed by atoms with van der Waals surface area (Å²) < 4.78 is 22.8. The number of methoxy groups -OCH3 is 1. The highest BCUT2D eigenvalue weighted by atomic mass is 16.6. The third kappa shape index (κ3) is 5.58. The topological polar surface area (TPSA) is 105 Å². The van der Waals surface area contributed by atoms with Crippen LogP contribution in [-0.4, -0.2) is 49.3 Å². The quantitative estimate of drug-likeness (QED) is 0.314. The van der Waals surface area contributed by atoms with E-state index in [0.29, 0.717) is 6.42 Å². The smallest absolute Gasteiger partial charge is 0.305 e. The minimum absolute atomic E-state index is 0.0215. The average molecular weight is 549 g/mol. The molecule has 0 aliphatic heterocycles. The summed E-state index contributed by atoms with van der Waals surface area (Å²) in [5.74, 6) is 0.438. The van der Waals surface area contributed by atoms with Crippen LogP contribution in [0.3, 0.4) is 0 Å². The normalized spacial score (nSPS) is 41.7. The molecular formula is C31H48O8. The third-order valence-corrected chi connectivity index (χ3v) is 11.4. The van der Waals surface area contributed by atoms with Gasteiger partial charge in [-0.15, -0.1) is 0 Å². The molecule has 4 rings (SSSR count). The number of rotatable bonds is 7. The molecule has 4 aliphatic carbocycles. The van der Waals surface area contributed by atoms with Gasteiger partial charge in [0.15, 0.2) is 0 Å². The van der Waals surface area contributed by atoms with Crippen molar-refractivity contribution in [3.8, 4) is 0 Å². The minimum Gasteiger partial charge on any atom is -0.469 e. The minimum atomic E-state index is -0.279. The molecule has 0 aromatic carbocycles. The third-order valence-electron chi connectivity index (χ3n) is 11.4. The summed E-state index contributed by atoms with van der Waals surface area (Å²) in [4.78, 5) is 48.5. The number of esters is 4. The molecule has 4 fully saturated rings. The van der Waals surface area contributed by atoms with Crippen molar-refractivity contribution in [2.24, 2.45) is 46.3 Å². The second kappa shape index (κ2) is 11.4. The Balaban J connectivity index is 1.70. The van der Waals surface area contributed by atoms with E-state index in [2.05, 4.69) is 20.8 Å². The molecule has 4 aliphatic rings. The van der Waals surface area contributed by atoms with Gasteiger partial charge in [-0.1, -0.05) is 20.8 Å². The SMILES string of the molecule is COC(=O)CC[C@@H](C)[C@H]1CC[C@@H]2[C@@H]3[C@@H](C[C@H](OC(C)=O)[C@@]21C)[C@@]1(C)CC[C@@H](OC(C)=O)C[C@H]1C[C@H]3OC(C)=O. The van der Waals surface area contributed by atoms with Crippen LogP contribution in [0.5, 0.6) is 0 Å². The molecule has 0 bridgehead atoms. The molecule has 11 atom stereocenters. The van der Waals surface area contributed by atoms with Crippen LogP contribution in [0.2, 0.25) is 0 Å². The predicted molar refractivity (Wildman–Crippen MR) is 143 cm³/mol. The van der Waals surface area contributed by atoms with E-state index in [9.17, 15) is 19.2 Å². The maximum absolute atomic E-state index is 12.5. The first-order chi connectivity index (χ1) is 18.3. The molecule has 4 saturated carbocycles. The van der Waals surface area contributed by atoms with Gasteiger partial charge in [-0.25, -0.2) is 0 Å². The Labute approximate surface area is 233 Å². The number of hydrogen-bond acceptors (Lipinski definition) is 8. The summed E-state index contributed by atoms with van der Waals surface area (Å²) in [5, 5.41) is 0. The lowest BCUT2D eigenvalue weighted by Gasteiger charge is -2.64. The highest BCUT2D eigenvalue weighted by molar-refractivity contribution is 5.69. The van der Waals surface area contributed by atoms with Gasteiger partial charge in [-0.05, 0) is 86.4 Å². The standard InChI is InChI=1S/C31H48O8/c1-17(8-11-28(35)36-7)23-9-10-24-29-25(16-27(31(23,24)6)39-20(4)34)30(5)13-12-22(37-18(2)32)14-21(30)15-26(29)38-19(3)33/h17,21-27,29H,8-16H2,1-7H3/t17-,21+,22-,23-,24-,25-,26-,27+,29-,30+,31-/m1/s1. The number of hydrogen-bond donors (Lipinski definition) is 0. The van der Waals surface area contributed by atoms with Crippen molar-refractivity contribution < 1.29 is 38.1 Å². The summed E-state index contributed by atoms with van der Waals surface area (Å²) in [6, 6.07) is 0. The van der Waals surface area contributed by atoms with Crippen molar-refractivity contribution in [1.82, 2.24) is 0 Å². The first-order valence-corrected chi connectivity index (χ1v) is 14.9. The van der Waals surface area contributed by atoms with Crippen molar-refractivity contribution in [1.29, 1.82) is 0 Å². The summed E-state index contributed by atoms with van der Waals surface area (Å²) in [6.07, 6.45) is 6.53. The van der Waals surface area contributed by atoms with Gasteiger partial charge in [0.2, 0.25) is 0 Å². The van der Waals surface area contributed by atoms with Crippen LogP contribution in [0, 0.1) is 46.3 Å². The number of ether oxygens (including phenoxy) is 4. The molecule has 0 radical (unpaired) electrons. The maximum Gasteiger partial charge on any atom is 0.305 e. The molecule has 0 amide bonds. The molecule has 220 valence electrons. The maximum atomic E-state index is 12.5. The Morgan fingerprint density at radius 2 is 1.51 bits per heavy atom. The lowest BCUT2D eigenvalue weighted by molar-refractivity contribution is -0.224. The molecule has 0 spiro atoms. The highest BCUT2D eigenvalue weighted by Crippen LogP contribution is 2.69. The van der Waals surface area contributed by atoms with E-state index in [1.54, 1.807) is 0 Å². The number of carbonyl (C=O) groups excluding carboxylic acids is 4. The van der Waals surface area contributed by atoms with E-state index in [0.717, 1.165) is 51.4 Å². The first kappa shape index (κ1) is 29.9. The Bertz CT molecular complexity index is 962. The molecule has 39 heavy (non-hydrogen) atoms. The van der Waals surface area contributed by atoms with E-state index in [1.165, 1.54) is 27.9 Å². The second-order valence-electron chi connectivity index (χ2n) is 13.4. The van der Waals surface area contributed by atoms with Gasteiger partial charge in [0, 0.05) is 38.5 Å². The van der Waals surface area contributed by atoms with Gasteiger partial charge in [0.25, 0.3) is 0 Å². The molecule has 0 aromatic rings. The molecule has 8 nitrogen and oxygen atoms in total. The summed E-state index contributed by atoms with van der Waals surface area (Å²) in [6.45, 7) is 11.3. The van der Waals surface area contributed by atoms with Crippen molar-refractivity contribution in [2.45, 2.75) is 118 Å². The molecule has 0 heterocycles. The molecular weight excluding hydrogens is 500 g/mol. The average Bonchev–Trinajstić information content (AvgIpc) is 3.20. The van der Waals surface area contributed by atoms with E-state index in [-0.39, 0.29) is 88.5 Å². The van der Waals surface area contributed by atoms with E-state index >= 15 is 0 Å². The van der Waals surface area contributed by atoms with Gasteiger partial charge >= 0.3 is 23.9 Å². The molecule has 0 aromatic heterocycles. The Hall–Kier alpha value is -2.12. The zero-order chi connectivity index (χ0) is 28.7. The van der Waals surface area contributed by atoms with Crippen molar-refractivity contribution in [3.05, 3.63) is 0 Å². The van der Waals surface area contributed by atoms with Crippen LogP contribution < -0.4 is 0 Å². The summed E-state index contributed by atoms with van der Waals surface area (Å²) in [7, 11) is 1.42. The van der Waals surface area contributed by atoms with Crippen molar-refractivity contribution in [3.63, 3.8) is 0 Å². The zero-order valence-corrected chi connectivity index (χ0v) is 24.8. The largest absolute Gasteiger partial charge is 0.469 e. The van der Waals surface area contributed by atoms with Crippen LogP contribution in [-0.2, 0) is 38.1 Å². The molecule has 0 N–H and O–H groups in total. The van der Waals surface area contributed by atoms with E-state index in [1.807, 2.05) is 0 Å². The van der Waals surface area contributed by atoms with Crippen LogP contribution in [0.25, 0.3) is 0 Å². The summed E-state index contributed by atoms with van der Waals surface area (Å²) in [5.41, 5.74) is -0.300. The predicted octanol–water partition coefficient (Wildman–Crippen LogP) is 5.25. The van der Waals surface area contributed by atoms with Gasteiger partial charge in [-0.3, -0.25) is 19.2 Å².